The third-order valence-electron chi connectivity index (χ3n) is 4.93. The fourth-order valence-electron chi connectivity index (χ4n) is 3.14. The summed E-state index contributed by atoms with van der Waals surface area (Å²) in [6.45, 7) is 10.1. The van der Waals surface area contributed by atoms with Gasteiger partial charge >= 0.3 is 6.09 Å². The van der Waals surface area contributed by atoms with E-state index in [0.717, 1.165) is 26.1 Å². The van der Waals surface area contributed by atoms with E-state index in [2.05, 4.69) is 15.0 Å². The molecule has 158 valence electrons. The van der Waals surface area contributed by atoms with Gasteiger partial charge in [0.05, 0.1) is 6.61 Å². The van der Waals surface area contributed by atoms with E-state index < -0.39 is 0 Å². The summed E-state index contributed by atoms with van der Waals surface area (Å²) in [5.74, 6) is 1.03. The number of halogens is 1. The van der Waals surface area contributed by atoms with Crippen LogP contribution in [0.2, 0.25) is 0 Å². The molecule has 1 aliphatic heterocycles. The van der Waals surface area contributed by atoms with Crippen LogP contribution >= 0.6 is 0 Å². The van der Waals surface area contributed by atoms with Crippen molar-refractivity contribution in [1.29, 1.82) is 0 Å². The first-order chi connectivity index (χ1) is 13.9. The Labute approximate surface area is 170 Å². The van der Waals surface area contributed by atoms with Crippen LogP contribution in [0.15, 0.2) is 22.7 Å². The highest BCUT2D eigenvalue weighted by Crippen LogP contribution is 2.19. The zero-order chi connectivity index (χ0) is 20.8. The van der Waals surface area contributed by atoms with Crippen molar-refractivity contribution in [3.63, 3.8) is 0 Å². The zero-order valence-electron chi connectivity index (χ0n) is 17.4. The quantitative estimate of drug-likeness (QED) is 0.703. The number of carbonyl (C=O) groups excluding carboxylic acids is 1. The summed E-state index contributed by atoms with van der Waals surface area (Å²) < 4.78 is 24.3. The average Bonchev–Trinajstić information content (AvgIpc) is 3.17. The lowest BCUT2D eigenvalue weighted by Gasteiger charge is -2.34. The highest BCUT2D eigenvalue weighted by Gasteiger charge is 2.22. The van der Waals surface area contributed by atoms with E-state index in [1.165, 1.54) is 6.07 Å². The molecule has 1 aromatic heterocycles. The summed E-state index contributed by atoms with van der Waals surface area (Å²) in [6, 6.07) is 4.92. The number of rotatable bonds is 7. The number of aryl methyl sites for hydroxylation is 2. The summed E-state index contributed by atoms with van der Waals surface area (Å²) in [5, 5.41) is 3.96. The van der Waals surface area contributed by atoms with Crippen LogP contribution in [0, 0.1) is 18.7 Å². The van der Waals surface area contributed by atoms with Crippen LogP contribution in [0.4, 0.5) is 9.18 Å². The summed E-state index contributed by atoms with van der Waals surface area (Å²) in [4.78, 5) is 20.5. The molecule has 1 saturated heterocycles. The molecule has 1 fully saturated rings. The Bertz CT molecular complexity index is 816. The molecule has 3 rings (SSSR count). The van der Waals surface area contributed by atoms with Crippen molar-refractivity contribution < 1.29 is 18.4 Å². The Morgan fingerprint density at radius 3 is 2.72 bits per heavy atom. The highest BCUT2D eigenvalue weighted by molar-refractivity contribution is 5.67. The van der Waals surface area contributed by atoms with Crippen LogP contribution in [-0.4, -0.2) is 65.4 Å². The topological polar surface area (TPSA) is 71.7 Å². The molecule has 2 heterocycles. The van der Waals surface area contributed by atoms with Gasteiger partial charge in [0.25, 0.3) is 0 Å². The Morgan fingerprint density at radius 1 is 1.28 bits per heavy atom. The Balaban J connectivity index is 1.39. The minimum Gasteiger partial charge on any atom is -0.449 e. The van der Waals surface area contributed by atoms with E-state index in [9.17, 15) is 9.18 Å². The number of nitrogens with zero attached hydrogens (tertiary/aromatic N) is 4. The van der Waals surface area contributed by atoms with Crippen LogP contribution in [0.5, 0.6) is 0 Å². The van der Waals surface area contributed by atoms with Gasteiger partial charge in [0.15, 0.2) is 0 Å². The Morgan fingerprint density at radius 2 is 2.03 bits per heavy atom. The van der Waals surface area contributed by atoms with Gasteiger partial charge in [0, 0.05) is 38.2 Å². The number of hydrogen-bond acceptors (Lipinski definition) is 6. The van der Waals surface area contributed by atoms with Gasteiger partial charge in [-0.2, -0.15) is 4.98 Å². The SMILES string of the molecule is Cc1ccc(-c2noc(CCCN3CCN(C(=O)OCC(C)C)CC3)n2)cc1F. The van der Waals surface area contributed by atoms with Crippen molar-refractivity contribution in [2.24, 2.45) is 5.92 Å². The van der Waals surface area contributed by atoms with E-state index in [4.69, 9.17) is 9.26 Å². The lowest BCUT2D eigenvalue weighted by atomic mass is 10.1. The number of hydrogen-bond donors (Lipinski definition) is 0. The van der Waals surface area contributed by atoms with Crippen LogP contribution in [-0.2, 0) is 11.2 Å². The molecule has 2 aromatic rings. The molecule has 1 amide bonds. The van der Waals surface area contributed by atoms with Crippen molar-refractivity contribution in [3.05, 3.63) is 35.5 Å². The third kappa shape index (κ3) is 6.00. The first-order valence-corrected chi connectivity index (χ1v) is 10.2. The van der Waals surface area contributed by atoms with Gasteiger partial charge in [-0.1, -0.05) is 31.1 Å². The number of piperazine rings is 1. The lowest BCUT2D eigenvalue weighted by molar-refractivity contribution is 0.0688. The molecule has 0 radical (unpaired) electrons. The molecule has 29 heavy (non-hydrogen) atoms. The first-order valence-electron chi connectivity index (χ1n) is 10.2. The van der Waals surface area contributed by atoms with Crippen molar-refractivity contribution >= 4 is 6.09 Å². The molecule has 1 aliphatic rings. The predicted molar refractivity (Wildman–Crippen MR) is 107 cm³/mol. The number of amides is 1. The van der Waals surface area contributed by atoms with Crippen LogP contribution in [0.3, 0.4) is 0 Å². The van der Waals surface area contributed by atoms with E-state index >= 15 is 0 Å². The van der Waals surface area contributed by atoms with Crippen molar-refractivity contribution in [3.8, 4) is 11.4 Å². The van der Waals surface area contributed by atoms with Gasteiger partial charge in [-0.05, 0) is 37.4 Å². The molecule has 7 nitrogen and oxygen atoms in total. The number of carbonyl (C=O) groups is 1. The van der Waals surface area contributed by atoms with E-state index in [1.807, 2.05) is 13.8 Å². The normalized spacial score (nSPS) is 15.1. The second-order valence-corrected chi connectivity index (χ2v) is 7.88. The van der Waals surface area contributed by atoms with Gasteiger partial charge < -0.3 is 14.2 Å². The maximum atomic E-state index is 13.7. The monoisotopic (exact) mass is 404 g/mol. The number of benzene rings is 1. The average molecular weight is 404 g/mol. The summed E-state index contributed by atoms with van der Waals surface area (Å²) in [7, 11) is 0. The molecule has 1 aromatic carbocycles. The molecule has 0 aliphatic carbocycles. The fourth-order valence-corrected chi connectivity index (χ4v) is 3.14. The highest BCUT2D eigenvalue weighted by atomic mass is 19.1. The number of ether oxygens (including phenoxy) is 1. The van der Waals surface area contributed by atoms with Crippen LogP contribution < -0.4 is 0 Å². The maximum absolute atomic E-state index is 13.7. The van der Waals surface area contributed by atoms with Crippen molar-refractivity contribution in [2.45, 2.75) is 33.6 Å². The second kappa shape index (κ2) is 9.82. The minimum absolute atomic E-state index is 0.218. The van der Waals surface area contributed by atoms with E-state index in [0.29, 0.717) is 54.9 Å². The van der Waals surface area contributed by atoms with Crippen molar-refractivity contribution in [2.75, 3.05) is 39.3 Å². The standard InChI is InChI=1S/C21H29FN4O3/c1-15(2)14-28-21(27)26-11-9-25(10-12-26)8-4-5-19-23-20(24-29-19)17-7-6-16(3)18(22)13-17/h6-7,13,15H,4-5,8-12,14H2,1-3H3. The molecule has 8 heteroatoms. The molecule has 0 saturated carbocycles. The molecular weight excluding hydrogens is 375 g/mol. The summed E-state index contributed by atoms with van der Waals surface area (Å²) >= 11 is 0. The predicted octanol–water partition coefficient (Wildman–Crippen LogP) is 3.53. The van der Waals surface area contributed by atoms with Gasteiger partial charge in [-0.15, -0.1) is 0 Å². The number of aromatic nitrogens is 2. The second-order valence-electron chi connectivity index (χ2n) is 7.88. The molecule has 0 N–H and O–H groups in total. The first kappa shape index (κ1) is 21.2. The van der Waals surface area contributed by atoms with E-state index in [1.54, 1.807) is 24.0 Å². The van der Waals surface area contributed by atoms with Crippen molar-refractivity contribution in [1.82, 2.24) is 19.9 Å². The molecule has 0 atom stereocenters. The fraction of sp³-hybridized carbons (Fsp3) is 0.571. The zero-order valence-corrected chi connectivity index (χ0v) is 17.4. The van der Waals surface area contributed by atoms with Gasteiger partial charge in [-0.25, -0.2) is 9.18 Å². The maximum Gasteiger partial charge on any atom is 0.409 e. The van der Waals surface area contributed by atoms with Gasteiger partial charge in [0.1, 0.15) is 5.82 Å². The van der Waals surface area contributed by atoms with Crippen LogP contribution in [0.25, 0.3) is 11.4 Å². The van der Waals surface area contributed by atoms with Gasteiger partial charge in [-0.3, -0.25) is 4.90 Å². The summed E-state index contributed by atoms with van der Waals surface area (Å²) in [6.07, 6.45) is 1.32. The Hall–Kier alpha value is -2.48. The smallest absolute Gasteiger partial charge is 0.409 e. The summed E-state index contributed by atoms with van der Waals surface area (Å²) in [5.41, 5.74) is 1.20. The third-order valence-corrected chi connectivity index (χ3v) is 4.93. The van der Waals surface area contributed by atoms with Crippen LogP contribution in [0.1, 0.15) is 31.7 Å². The van der Waals surface area contributed by atoms with E-state index in [-0.39, 0.29) is 11.9 Å². The molecule has 0 spiro atoms. The van der Waals surface area contributed by atoms with Gasteiger partial charge in [0.2, 0.25) is 11.7 Å². The molecular formula is C21H29FN4O3. The molecule has 0 bridgehead atoms. The largest absolute Gasteiger partial charge is 0.449 e. The lowest BCUT2D eigenvalue weighted by Crippen LogP contribution is -2.49. The minimum atomic E-state index is -0.277. The molecule has 0 unspecified atom stereocenters. The Kier molecular flexibility index (Phi) is 7.19.